The number of imidazole rings is 1. The number of hydrogen-bond acceptors (Lipinski definition) is 6. The van der Waals surface area contributed by atoms with E-state index in [2.05, 4.69) is 36.1 Å². The van der Waals surface area contributed by atoms with Crippen molar-refractivity contribution in [1.29, 1.82) is 0 Å². The number of alkyl halides is 2. The van der Waals surface area contributed by atoms with Crippen molar-refractivity contribution in [2.75, 3.05) is 31.1 Å². The standard InChI is InChI=1S/C28H28F2N8/c29-28(30)7-11-37(17-28)16-18-12-20(15-31-14-18)19-4-5-22-21(13-19)24(36-35-22)26-33-23-6-8-32-27(25(23)34-26)38-9-2-1-3-10-38/h4-6,8,12-15H,1-3,7,9-11,16-17H2,(H,33,34)(H,35,36). The molecule has 0 saturated carbocycles. The first-order chi connectivity index (χ1) is 18.5. The van der Waals surface area contributed by atoms with Crippen LogP contribution >= 0.6 is 0 Å². The predicted molar refractivity (Wildman–Crippen MR) is 143 cm³/mol. The third kappa shape index (κ3) is 4.28. The maximum absolute atomic E-state index is 13.6. The second-order valence-electron chi connectivity index (χ2n) is 10.4. The summed E-state index contributed by atoms with van der Waals surface area (Å²) in [5, 5.41) is 8.66. The molecular formula is C28H28F2N8. The number of piperidine rings is 1. The van der Waals surface area contributed by atoms with Crippen LogP contribution < -0.4 is 4.90 Å². The molecule has 8 nitrogen and oxygen atoms in total. The summed E-state index contributed by atoms with van der Waals surface area (Å²) in [5.41, 5.74) is 6.28. The molecule has 2 aliphatic rings. The monoisotopic (exact) mass is 514 g/mol. The maximum atomic E-state index is 13.6. The molecular weight excluding hydrogens is 486 g/mol. The van der Waals surface area contributed by atoms with E-state index in [4.69, 9.17) is 4.98 Å². The third-order valence-electron chi connectivity index (χ3n) is 7.61. The summed E-state index contributed by atoms with van der Waals surface area (Å²) in [6, 6.07) is 10.1. The number of halogens is 2. The number of nitrogens with zero attached hydrogens (tertiary/aromatic N) is 6. The molecule has 5 aromatic rings. The van der Waals surface area contributed by atoms with Crippen molar-refractivity contribution in [2.45, 2.75) is 38.2 Å². The van der Waals surface area contributed by atoms with Crippen LogP contribution in [0.1, 0.15) is 31.2 Å². The second-order valence-corrected chi connectivity index (χ2v) is 10.4. The van der Waals surface area contributed by atoms with Gasteiger partial charge in [0.25, 0.3) is 5.92 Å². The Balaban J connectivity index is 1.22. The van der Waals surface area contributed by atoms with Crippen LogP contribution in [0.5, 0.6) is 0 Å². The van der Waals surface area contributed by atoms with Gasteiger partial charge in [0.2, 0.25) is 0 Å². The Kier molecular flexibility index (Phi) is 5.57. The number of pyridine rings is 2. The number of hydrogen-bond donors (Lipinski definition) is 2. The van der Waals surface area contributed by atoms with Gasteiger partial charge in [0, 0.05) is 62.1 Å². The fourth-order valence-corrected chi connectivity index (χ4v) is 5.68. The van der Waals surface area contributed by atoms with Crippen LogP contribution in [0.4, 0.5) is 14.6 Å². The average Bonchev–Trinajstić information content (AvgIpc) is 3.64. The van der Waals surface area contributed by atoms with Crippen molar-refractivity contribution in [3.05, 3.63) is 54.5 Å². The van der Waals surface area contributed by atoms with Gasteiger partial charge in [0.05, 0.1) is 17.6 Å². The SMILES string of the molecule is FC1(F)CCN(Cc2cncc(-c3ccc4[nH]nc(-c5nc6c(N7CCCCC7)nccc6[nH]5)c4c3)c2)C1. The molecule has 194 valence electrons. The van der Waals surface area contributed by atoms with Crippen LogP contribution in [0.15, 0.2) is 48.9 Å². The molecule has 0 radical (unpaired) electrons. The minimum Gasteiger partial charge on any atom is -0.355 e. The van der Waals surface area contributed by atoms with E-state index in [9.17, 15) is 8.78 Å². The number of nitrogens with one attached hydrogen (secondary N) is 2. The molecule has 0 bridgehead atoms. The number of aromatic nitrogens is 6. The lowest BCUT2D eigenvalue weighted by atomic mass is 10.0. The van der Waals surface area contributed by atoms with Crippen molar-refractivity contribution >= 4 is 27.8 Å². The van der Waals surface area contributed by atoms with Gasteiger partial charge >= 0.3 is 0 Å². The fourth-order valence-electron chi connectivity index (χ4n) is 5.68. The van der Waals surface area contributed by atoms with Crippen molar-refractivity contribution in [3.63, 3.8) is 0 Å². The molecule has 7 rings (SSSR count). The lowest BCUT2D eigenvalue weighted by Crippen LogP contribution is -2.30. The van der Waals surface area contributed by atoms with E-state index in [0.29, 0.717) is 18.9 Å². The van der Waals surface area contributed by atoms with Crippen LogP contribution in [0.3, 0.4) is 0 Å². The van der Waals surface area contributed by atoms with E-state index in [1.165, 1.54) is 19.3 Å². The summed E-state index contributed by atoms with van der Waals surface area (Å²) < 4.78 is 27.3. The van der Waals surface area contributed by atoms with Gasteiger partial charge in [0.15, 0.2) is 11.6 Å². The Morgan fingerprint density at radius 2 is 1.84 bits per heavy atom. The topological polar surface area (TPSA) is 89.6 Å². The molecule has 0 amide bonds. The van der Waals surface area contributed by atoms with Crippen molar-refractivity contribution in [2.24, 2.45) is 0 Å². The first kappa shape index (κ1) is 23.2. The number of fused-ring (bicyclic) bond motifs is 2. The van der Waals surface area contributed by atoms with Gasteiger partial charge in [-0.3, -0.25) is 15.0 Å². The molecule has 1 aromatic carbocycles. The third-order valence-corrected chi connectivity index (χ3v) is 7.61. The summed E-state index contributed by atoms with van der Waals surface area (Å²) in [6.07, 6.45) is 8.90. The van der Waals surface area contributed by atoms with E-state index in [-0.39, 0.29) is 13.0 Å². The highest BCUT2D eigenvalue weighted by molar-refractivity contribution is 5.97. The summed E-state index contributed by atoms with van der Waals surface area (Å²) in [7, 11) is 0. The molecule has 2 N–H and O–H groups in total. The zero-order valence-corrected chi connectivity index (χ0v) is 20.9. The molecule has 2 fully saturated rings. The zero-order valence-electron chi connectivity index (χ0n) is 20.9. The van der Waals surface area contributed by atoms with Gasteiger partial charge in [-0.1, -0.05) is 6.07 Å². The first-order valence-electron chi connectivity index (χ1n) is 13.2. The first-order valence-corrected chi connectivity index (χ1v) is 13.2. The zero-order chi connectivity index (χ0) is 25.7. The highest BCUT2D eigenvalue weighted by Gasteiger charge is 2.37. The van der Waals surface area contributed by atoms with Gasteiger partial charge < -0.3 is 9.88 Å². The Morgan fingerprint density at radius 1 is 0.947 bits per heavy atom. The Morgan fingerprint density at radius 3 is 2.68 bits per heavy atom. The van der Waals surface area contributed by atoms with Crippen LogP contribution in [0.2, 0.25) is 0 Å². The van der Waals surface area contributed by atoms with Crippen molar-refractivity contribution < 1.29 is 8.78 Å². The molecule has 4 aromatic heterocycles. The fraction of sp³-hybridized carbons (Fsp3) is 0.357. The summed E-state index contributed by atoms with van der Waals surface area (Å²) >= 11 is 0. The van der Waals surface area contributed by atoms with Gasteiger partial charge in [-0.05, 0) is 54.7 Å². The number of rotatable bonds is 5. The van der Waals surface area contributed by atoms with E-state index >= 15 is 0 Å². The Labute approximate surface area is 218 Å². The smallest absolute Gasteiger partial charge is 0.261 e. The van der Waals surface area contributed by atoms with Crippen LogP contribution in [0, 0.1) is 0 Å². The van der Waals surface area contributed by atoms with Crippen LogP contribution in [-0.2, 0) is 6.54 Å². The quantitative estimate of drug-likeness (QED) is 0.327. The van der Waals surface area contributed by atoms with E-state index < -0.39 is 5.92 Å². The van der Waals surface area contributed by atoms with Crippen LogP contribution in [-0.4, -0.2) is 67.1 Å². The number of aromatic amines is 2. The molecule has 10 heteroatoms. The maximum Gasteiger partial charge on any atom is 0.261 e. The number of H-pyrrole nitrogens is 2. The second kappa shape index (κ2) is 9.13. The van der Waals surface area contributed by atoms with Gasteiger partial charge in [0.1, 0.15) is 11.2 Å². The van der Waals surface area contributed by atoms with Crippen LogP contribution in [0.25, 0.3) is 44.6 Å². The predicted octanol–water partition coefficient (Wildman–Crippen LogP) is 5.39. The number of likely N-dealkylation sites (tertiary alicyclic amines) is 1. The van der Waals surface area contributed by atoms with E-state index in [1.54, 1.807) is 17.3 Å². The normalized spacial score (nSPS) is 18.1. The minimum absolute atomic E-state index is 0.0859. The lowest BCUT2D eigenvalue weighted by Gasteiger charge is -2.27. The van der Waals surface area contributed by atoms with E-state index in [0.717, 1.165) is 63.2 Å². The largest absolute Gasteiger partial charge is 0.355 e. The highest BCUT2D eigenvalue weighted by Crippen LogP contribution is 2.33. The van der Waals surface area contributed by atoms with Crippen molar-refractivity contribution in [3.8, 4) is 22.6 Å². The molecule has 0 atom stereocenters. The lowest BCUT2D eigenvalue weighted by molar-refractivity contribution is 0.0115. The Bertz CT molecular complexity index is 1620. The van der Waals surface area contributed by atoms with Gasteiger partial charge in [-0.15, -0.1) is 0 Å². The minimum atomic E-state index is -2.60. The molecule has 2 saturated heterocycles. The Hall–Kier alpha value is -3.92. The molecule has 0 unspecified atom stereocenters. The number of anilines is 1. The summed E-state index contributed by atoms with van der Waals surface area (Å²) in [4.78, 5) is 21.6. The molecule has 2 aliphatic heterocycles. The van der Waals surface area contributed by atoms with E-state index in [1.807, 2.05) is 30.5 Å². The van der Waals surface area contributed by atoms with Gasteiger partial charge in [-0.25, -0.2) is 18.7 Å². The summed E-state index contributed by atoms with van der Waals surface area (Å²) in [6.45, 7) is 2.65. The molecule has 0 aliphatic carbocycles. The average molecular weight is 515 g/mol. The highest BCUT2D eigenvalue weighted by atomic mass is 19.3. The van der Waals surface area contributed by atoms with Crippen molar-refractivity contribution in [1.82, 2.24) is 35.0 Å². The molecule has 0 spiro atoms. The summed E-state index contributed by atoms with van der Waals surface area (Å²) in [5.74, 6) is -0.991. The molecule has 38 heavy (non-hydrogen) atoms. The molecule has 6 heterocycles. The van der Waals surface area contributed by atoms with Gasteiger partial charge in [-0.2, -0.15) is 5.10 Å². The number of benzene rings is 1.